The Morgan fingerprint density at radius 2 is 2.05 bits per heavy atom. The molecule has 3 atom stereocenters. The van der Waals surface area contributed by atoms with Crippen molar-refractivity contribution in [2.45, 2.75) is 58.4 Å². The van der Waals surface area contributed by atoms with E-state index in [9.17, 15) is 0 Å². The van der Waals surface area contributed by atoms with Gasteiger partial charge in [0.1, 0.15) is 19.1 Å². The van der Waals surface area contributed by atoms with E-state index >= 15 is 0 Å². The van der Waals surface area contributed by atoms with Gasteiger partial charge in [0.15, 0.2) is 0 Å². The van der Waals surface area contributed by atoms with Crippen molar-refractivity contribution in [3.05, 3.63) is 35.9 Å². The molecule has 0 spiro atoms. The number of nitrogens with zero attached hydrogens (tertiary/aromatic N) is 1. The number of hydrogen-bond acceptors (Lipinski definition) is 2. The van der Waals surface area contributed by atoms with Gasteiger partial charge in [-0.15, -0.1) is 0 Å². The van der Waals surface area contributed by atoms with Crippen LogP contribution in [0.1, 0.15) is 45.1 Å². The molecular formula is C18H28NO2+. The second-order valence-electron chi connectivity index (χ2n) is 6.97. The van der Waals surface area contributed by atoms with Crippen LogP contribution in [0.4, 0.5) is 0 Å². The molecule has 0 N–H and O–H groups in total. The highest BCUT2D eigenvalue weighted by atomic mass is 16.8. The highest BCUT2D eigenvalue weighted by Crippen LogP contribution is 2.39. The summed E-state index contributed by atoms with van der Waals surface area (Å²) in [4.78, 5) is 6.42. The fourth-order valence-corrected chi connectivity index (χ4v) is 3.66. The smallest absolute Gasteiger partial charge is 0.221 e. The van der Waals surface area contributed by atoms with Crippen LogP contribution in [0.25, 0.3) is 0 Å². The summed E-state index contributed by atoms with van der Waals surface area (Å²) >= 11 is 0. The van der Waals surface area contributed by atoms with Crippen LogP contribution < -0.4 is 0 Å². The number of ether oxygens (including phenoxy) is 1. The highest BCUT2D eigenvalue weighted by Gasteiger charge is 2.51. The third-order valence-electron chi connectivity index (χ3n) is 4.69. The van der Waals surface area contributed by atoms with Gasteiger partial charge in [-0.3, -0.25) is 0 Å². The van der Waals surface area contributed by atoms with E-state index in [2.05, 4.69) is 44.2 Å². The lowest BCUT2D eigenvalue weighted by molar-refractivity contribution is -1.13. The van der Waals surface area contributed by atoms with Crippen LogP contribution in [0.3, 0.4) is 0 Å². The quantitative estimate of drug-likeness (QED) is 0.766. The molecule has 3 nitrogen and oxygen atoms in total. The van der Waals surface area contributed by atoms with Gasteiger partial charge in [0.25, 0.3) is 0 Å². The Balaban J connectivity index is 1.70. The van der Waals surface area contributed by atoms with Gasteiger partial charge in [-0.1, -0.05) is 44.2 Å². The summed E-state index contributed by atoms with van der Waals surface area (Å²) in [7, 11) is 0. The molecule has 0 unspecified atom stereocenters. The molecule has 2 heterocycles. The number of fused-ring (bicyclic) bond motifs is 1. The Bertz CT molecular complexity index is 448. The summed E-state index contributed by atoms with van der Waals surface area (Å²) in [6.07, 6.45) is 4.91. The SMILES string of the molecule is CC(C)CO[C@@H]1C[C@H]2CCCC[N@@+]2(Cc2ccccc2)O1. The zero-order chi connectivity index (χ0) is 14.7. The molecule has 0 saturated carbocycles. The first-order chi connectivity index (χ1) is 10.2. The van der Waals surface area contributed by atoms with Crippen molar-refractivity contribution in [2.75, 3.05) is 13.2 Å². The average molecular weight is 290 g/mol. The highest BCUT2D eigenvalue weighted by molar-refractivity contribution is 5.13. The summed E-state index contributed by atoms with van der Waals surface area (Å²) in [6.45, 7) is 7.28. The maximum absolute atomic E-state index is 6.42. The topological polar surface area (TPSA) is 18.5 Å². The van der Waals surface area contributed by atoms with Gasteiger partial charge in [0.05, 0.1) is 13.0 Å². The number of hydroxylamine groups is 3. The minimum Gasteiger partial charge on any atom is -0.347 e. The van der Waals surface area contributed by atoms with Gasteiger partial charge >= 0.3 is 0 Å². The molecule has 3 rings (SSSR count). The summed E-state index contributed by atoms with van der Waals surface area (Å²) in [6, 6.07) is 11.4. The number of quaternary nitrogens is 1. The maximum atomic E-state index is 6.42. The average Bonchev–Trinajstić information content (AvgIpc) is 2.84. The molecule has 0 aliphatic carbocycles. The number of piperidine rings is 1. The molecule has 3 heteroatoms. The molecule has 0 bridgehead atoms. The Hall–Kier alpha value is -0.900. The lowest BCUT2D eigenvalue weighted by Crippen LogP contribution is -2.52. The van der Waals surface area contributed by atoms with E-state index < -0.39 is 0 Å². The van der Waals surface area contributed by atoms with Gasteiger partial charge in [-0.25, -0.2) is 0 Å². The molecule has 1 aromatic rings. The van der Waals surface area contributed by atoms with Crippen LogP contribution in [-0.2, 0) is 16.1 Å². The van der Waals surface area contributed by atoms with Crippen molar-refractivity contribution in [2.24, 2.45) is 5.92 Å². The number of rotatable bonds is 5. The van der Waals surface area contributed by atoms with E-state index in [0.717, 1.165) is 30.8 Å². The molecule has 0 aromatic heterocycles. The first-order valence-electron chi connectivity index (χ1n) is 8.39. The first kappa shape index (κ1) is 15.0. The molecule has 2 saturated heterocycles. The van der Waals surface area contributed by atoms with Crippen LogP contribution in [0.5, 0.6) is 0 Å². The van der Waals surface area contributed by atoms with Crippen molar-refractivity contribution in [3.63, 3.8) is 0 Å². The fraction of sp³-hybridized carbons (Fsp3) is 0.667. The van der Waals surface area contributed by atoms with Crippen LogP contribution >= 0.6 is 0 Å². The third kappa shape index (κ3) is 3.47. The summed E-state index contributed by atoms with van der Waals surface area (Å²) < 4.78 is 6.77. The summed E-state index contributed by atoms with van der Waals surface area (Å²) in [5.74, 6) is 0.564. The Kier molecular flexibility index (Phi) is 4.63. The second kappa shape index (κ2) is 6.47. The van der Waals surface area contributed by atoms with Gasteiger partial charge < -0.3 is 4.74 Å². The molecule has 0 radical (unpaired) electrons. The van der Waals surface area contributed by atoms with E-state index in [1.165, 1.54) is 24.8 Å². The van der Waals surface area contributed by atoms with Crippen molar-refractivity contribution in [3.8, 4) is 0 Å². The van der Waals surface area contributed by atoms with Gasteiger partial charge in [-0.2, -0.15) is 9.48 Å². The van der Waals surface area contributed by atoms with Crippen molar-refractivity contribution < 1.29 is 14.2 Å². The minimum atomic E-state index is -0.0146. The van der Waals surface area contributed by atoms with E-state index in [1.54, 1.807) is 0 Å². The lowest BCUT2D eigenvalue weighted by Gasteiger charge is -2.39. The molecule has 21 heavy (non-hydrogen) atoms. The molecule has 0 amide bonds. The van der Waals surface area contributed by atoms with Crippen molar-refractivity contribution in [1.29, 1.82) is 0 Å². The van der Waals surface area contributed by atoms with Gasteiger partial charge in [-0.05, 0) is 18.8 Å². The molecule has 2 fully saturated rings. The first-order valence-corrected chi connectivity index (χ1v) is 8.39. The largest absolute Gasteiger partial charge is 0.347 e. The van der Waals surface area contributed by atoms with E-state index in [4.69, 9.17) is 9.57 Å². The molecule has 2 aliphatic heterocycles. The van der Waals surface area contributed by atoms with Crippen molar-refractivity contribution >= 4 is 0 Å². The van der Waals surface area contributed by atoms with Gasteiger partial charge in [0, 0.05) is 12.0 Å². The fourth-order valence-electron chi connectivity index (χ4n) is 3.66. The van der Waals surface area contributed by atoms with Gasteiger partial charge in [0.2, 0.25) is 6.29 Å². The Morgan fingerprint density at radius 1 is 1.24 bits per heavy atom. The maximum Gasteiger partial charge on any atom is 0.221 e. The third-order valence-corrected chi connectivity index (χ3v) is 4.69. The van der Waals surface area contributed by atoms with Crippen LogP contribution in [-0.4, -0.2) is 30.1 Å². The zero-order valence-corrected chi connectivity index (χ0v) is 13.3. The van der Waals surface area contributed by atoms with E-state index in [-0.39, 0.29) is 6.29 Å². The molecule has 116 valence electrons. The molecular weight excluding hydrogens is 262 g/mol. The zero-order valence-electron chi connectivity index (χ0n) is 13.3. The number of hydrogen-bond donors (Lipinski definition) is 0. The molecule has 2 aliphatic rings. The van der Waals surface area contributed by atoms with Crippen LogP contribution in [0.15, 0.2) is 30.3 Å². The lowest BCUT2D eigenvalue weighted by atomic mass is 9.98. The monoisotopic (exact) mass is 290 g/mol. The normalized spacial score (nSPS) is 32.3. The second-order valence-corrected chi connectivity index (χ2v) is 6.97. The standard InChI is InChI=1S/C18H28NO2/c1-15(2)14-20-18-12-17-10-6-7-11-19(17,21-18)13-16-8-4-3-5-9-16/h3-5,8-9,15,17-18H,6-7,10-14H2,1-2H3/q+1/t17-,18+,19+/m1/s1. The Morgan fingerprint density at radius 3 is 2.81 bits per heavy atom. The Labute approximate surface area is 128 Å². The minimum absolute atomic E-state index is 0.0146. The van der Waals surface area contributed by atoms with E-state index in [0.29, 0.717) is 12.0 Å². The van der Waals surface area contributed by atoms with E-state index in [1.807, 2.05) is 0 Å². The number of benzene rings is 1. The summed E-state index contributed by atoms with van der Waals surface area (Å²) in [5, 5.41) is 0. The predicted octanol–water partition coefficient (Wildman–Crippen LogP) is 3.89. The van der Waals surface area contributed by atoms with Crippen LogP contribution in [0, 0.1) is 5.92 Å². The summed E-state index contributed by atoms with van der Waals surface area (Å²) in [5.41, 5.74) is 1.37. The molecule has 1 aromatic carbocycles. The van der Waals surface area contributed by atoms with Crippen molar-refractivity contribution in [1.82, 2.24) is 0 Å². The van der Waals surface area contributed by atoms with Crippen LogP contribution in [0.2, 0.25) is 0 Å². The predicted molar refractivity (Wildman–Crippen MR) is 83.2 cm³/mol.